The highest BCUT2D eigenvalue weighted by Crippen LogP contribution is 2.11. The van der Waals surface area contributed by atoms with E-state index in [0.29, 0.717) is 25.3 Å². The van der Waals surface area contributed by atoms with Crippen molar-refractivity contribution in [2.75, 3.05) is 20.3 Å². The highest BCUT2D eigenvalue weighted by atomic mass is 16.5. The van der Waals surface area contributed by atoms with Crippen LogP contribution in [-0.2, 0) is 11.3 Å². The van der Waals surface area contributed by atoms with Crippen molar-refractivity contribution in [2.24, 2.45) is 4.99 Å². The zero-order chi connectivity index (χ0) is 15.9. The van der Waals surface area contributed by atoms with Crippen LogP contribution in [0.2, 0.25) is 0 Å². The van der Waals surface area contributed by atoms with Gasteiger partial charge in [-0.15, -0.1) is 0 Å². The molecule has 2 aromatic heterocycles. The van der Waals surface area contributed by atoms with E-state index in [1.165, 1.54) is 12.5 Å². The van der Waals surface area contributed by atoms with Crippen LogP contribution in [0.4, 0.5) is 0 Å². The Morgan fingerprint density at radius 3 is 3.00 bits per heavy atom. The Kier molecular flexibility index (Phi) is 5.31. The summed E-state index contributed by atoms with van der Waals surface area (Å²) in [6.07, 6.45) is 3.40. The average Bonchev–Trinajstić information content (AvgIpc) is 2.99. The molecule has 0 saturated heterocycles. The quantitative estimate of drug-likeness (QED) is 0.566. The zero-order valence-corrected chi connectivity index (χ0v) is 12.1. The van der Waals surface area contributed by atoms with Gasteiger partial charge in [0.2, 0.25) is 5.88 Å². The maximum absolute atomic E-state index is 11.8. The van der Waals surface area contributed by atoms with Gasteiger partial charge in [-0.25, -0.2) is 4.79 Å². The third kappa shape index (κ3) is 3.73. The van der Waals surface area contributed by atoms with Gasteiger partial charge in [0.1, 0.15) is 11.3 Å². The van der Waals surface area contributed by atoms with Crippen molar-refractivity contribution >= 4 is 6.21 Å². The summed E-state index contributed by atoms with van der Waals surface area (Å²) in [7, 11) is 1.59. The summed E-state index contributed by atoms with van der Waals surface area (Å²) >= 11 is 0. The lowest BCUT2D eigenvalue weighted by Crippen LogP contribution is -2.32. The van der Waals surface area contributed by atoms with E-state index in [0.717, 1.165) is 4.57 Å². The lowest BCUT2D eigenvalue weighted by atomic mass is 10.3. The normalized spacial score (nSPS) is 11.3. The molecule has 118 valence electrons. The van der Waals surface area contributed by atoms with E-state index in [4.69, 9.17) is 9.15 Å². The third-order valence-corrected chi connectivity index (χ3v) is 2.96. The highest BCUT2D eigenvalue weighted by molar-refractivity contribution is 5.81. The molecule has 2 rings (SSSR count). The molecule has 0 unspecified atom stereocenters. The van der Waals surface area contributed by atoms with Crippen molar-refractivity contribution < 1.29 is 14.3 Å². The van der Waals surface area contributed by atoms with Gasteiger partial charge in [0, 0.05) is 26.5 Å². The molecule has 0 bridgehead atoms. The largest absolute Gasteiger partial charge is 0.494 e. The van der Waals surface area contributed by atoms with Crippen molar-refractivity contribution in [2.45, 2.75) is 13.0 Å². The maximum atomic E-state index is 11.8. The van der Waals surface area contributed by atoms with E-state index in [9.17, 15) is 14.7 Å². The number of aromatic nitrogens is 2. The van der Waals surface area contributed by atoms with Gasteiger partial charge in [-0.05, 0) is 18.6 Å². The molecule has 22 heavy (non-hydrogen) atoms. The minimum atomic E-state index is -0.713. The Hall–Kier alpha value is -2.61. The first-order valence-electron chi connectivity index (χ1n) is 6.70. The van der Waals surface area contributed by atoms with Gasteiger partial charge in [0.05, 0.1) is 12.8 Å². The number of methoxy groups -OCH3 is 1. The summed E-state index contributed by atoms with van der Waals surface area (Å²) in [6, 6.07) is 3.33. The van der Waals surface area contributed by atoms with Crippen molar-refractivity contribution in [3.8, 4) is 5.88 Å². The molecule has 0 radical (unpaired) electrons. The van der Waals surface area contributed by atoms with Gasteiger partial charge in [-0.2, -0.15) is 0 Å². The first-order chi connectivity index (χ1) is 10.6. The number of ether oxygens (including phenoxy) is 1. The SMILES string of the molecule is COCCCN=Cc1c(O)n(Cc2ccco2)c(=O)[nH]c1=O. The Labute approximate surface area is 125 Å². The third-order valence-electron chi connectivity index (χ3n) is 2.96. The van der Waals surface area contributed by atoms with Crippen LogP contribution in [0.15, 0.2) is 37.4 Å². The number of nitrogens with one attached hydrogen (secondary N) is 1. The summed E-state index contributed by atoms with van der Waals surface area (Å²) in [6.45, 7) is 1.01. The van der Waals surface area contributed by atoms with Crippen LogP contribution in [0, 0.1) is 0 Å². The predicted octanol–water partition coefficient (Wildman–Crippen LogP) is 0.339. The predicted molar refractivity (Wildman–Crippen MR) is 79.8 cm³/mol. The molecule has 0 atom stereocenters. The number of H-pyrrole nitrogens is 1. The summed E-state index contributed by atoms with van der Waals surface area (Å²) in [5.74, 6) is 0.0353. The van der Waals surface area contributed by atoms with Crippen LogP contribution < -0.4 is 11.2 Å². The molecule has 0 aliphatic carbocycles. The fourth-order valence-corrected chi connectivity index (χ4v) is 1.85. The van der Waals surface area contributed by atoms with Gasteiger partial charge >= 0.3 is 5.69 Å². The molecule has 0 fully saturated rings. The molecular weight excluding hydrogens is 290 g/mol. The lowest BCUT2D eigenvalue weighted by Gasteiger charge is -2.07. The van der Waals surface area contributed by atoms with E-state index in [1.807, 2.05) is 0 Å². The summed E-state index contributed by atoms with van der Waals surface area (Å²) < 4.78 is 11.0. The second kappa shape index (κ2) is 7.41. The van der Waals surface area contributed by atoms with Crippen LogP contribution in [-0.4, -0.2) is 41.1 Å². The summed E-state index contributed by atoms with van der Waals surface area (Å²) in [5.41, 5.74) is -1.47. The van der Waals surface area contributed by atoms with E-state index < -0.39 is 17.1 Å². The number of aromatic hydroxyl groups is 1. The number of hydrogen-bond acceptors (Lipinski definition) is 6. The maximum Gasteiger partial charge on any atom is 0.331 e. The van der Waals surface area contributed by atoms with Gasteiger partial charge in [0.25, 0.3) is 5.56 Å². The molecule has 2 heterocycles. The van der Waals surface area contributed by atoms with E-state index >= 15 is 0 Å². The van der Waals surface area contributed by atoms with E-state index in [-0.39, 0.29) is 12.1 Å². The van der Waals surface area contributed by atoms with Crippen LogP contribution in [0.25, 0.3) is 0 Å². The topological polar surface area (TPSA) is 110 Å². The van der Waals surface area contributed by atoms with Gasteiger partial charge in [-0.3, -0.25) is 19.3 Å². The zero-order valence-electron chi connectivity index (χ0n) is 12.1. The van der Waals surface area contributed by atoms with Crippen LogP contribution in [0.5, 0.6) is 5.88 Å². The number of hydrogen-bond donors (Lipinski definition) is 2. The number of rotatable bonds is 7. The van der Waals surface area contributed by atoms with E-state index in [1.54, 1.807) is 19.2 Å². The van der Waals surface area contributed by atoms with Crippen molar-refractivity contribution in [3.05, 3.63) is 50.6 Å². The first-order valence-corrected chi connectivity index (χ1v) is 6.70. The Morgan fingerprint density at radius 1 is 1.50 bits per heavy atom. The molecule has 0 saturated carbocycles. The second-order valence-electron chi connectivity index (χ2n) is 4.54. The number of aliphatic imine (C=N–C) groups is 1. The molecule has 8 heteroatoms. The summed E-state index contributed by atoms with van der Waals surface area (Å²) in [5, 5.41) is 10.1. The Morgan fingerprint density at radius 2 is 2.32 bits per heavy atom. The second-order valence-corrected chi connectivity index (χ2v) is 4.54. The minimum Gasteiger partial charge on any atom is -0.494 e. The molecule has 0 aliphatic rings. The first kappa shape index (κ1) is 15.8. The van der Waals surface area contributed by atoms with Gasteiger partial charge < -0.3 is 14.3 Å². The highest BCUT2D eigenvalue weighted by Gasteiger charge is 2.13. The molecule has 2 N–H and O–H groups in total. The van der Waals surface area contributed by atoms with Crippen LogP contribution >= 0.6 is 0 Å². The molecule has 8 nitrogen and oxygen atoms in total. The average molecular weight is 307 g/mol. The molecule has 0 aromatic carbocycles. The number of furan rings is 1. The van der Waals surface area contributed by atoms with Crippen molar-refractivity contribution in [1.82, 2.24) is 9.55 Å². The van der Waals surface area contributed by atoms with Gasteiger partial charge in [-0.1, -0.05) is 0 Å². The Balaban J connectivity index is 2.26. The fourth-order valence-electron chi connectivity index (χ4n) is 1.85. The molecule has 2 aromatic rings. The number of aromatic amines is 1. The van der Waals surface area contributed by atoms with E-state index in [2.05, 4.69) is 9.98 Å². The van der Waals surface area contributed by atoms with Crippen molar-refractivity contribution in [3.63, 3.8) is 0 Å². The Bertz CT molecular complexity index is 743. The van der Waals surface area contributed by atoms with Gasteiger partial charge in [0.15, 0.2) is 0 Å². The smallest absolute Gasteiger partial charge is 0.331 e. The minimum absolute atomic E-state index is 0.0129. The van der Waals surface area contributed by atoms with Crippen molar-refractivity contribution in [1.29, 1.82) is 0 Å². The standard InChI is InChI=1S/C14H17N3O5/c1-21-6-3-5-15-8-11-12(18)16-14(20)17(13(11)19)9-10-4-2-7-22-10/h2,4,7-8,19H,3,5-6,9H2,1H3,(H,16,18,20). The molecule has 0 spiro atoms. The van der Waals surface area contributed by atoms with Crippen LogP contribution in [0.3, 0.4) is 0 Å². The van der Waals surface area contributed by atoms with Crippen LogP contribution in [0.1, 0.15) is 17.7 Å². The molecule has 0 amide bonds. The monoisotopic (exact) mass is 307 g/mol. The number of nitrogens with zero attached hydrogens (tertiary/aromatic N) is 2. The molecule has 0 aliphatic heterocycles. The lowest BCUT2D eigenvalue weighted by molar-refractivity contribution is 0.197. The summed E-state index contributed by atoms with van der Waals surface area (Å²) in [4.78, 5) is 29.8. The fraction of sp³-hybridized carbons (Fsp3) is 0.357. The molecular formula is C14H17N3O5.